The second kappa shape index (κ2) is 2.70. The van der Waals surface area contributed by atoms with E-state index >= 15 is 0 Å². The van der Waals surface area contributed by atoms with Crippen LogP contribution in [0.4, 0.5) is 0 Å². The molecule has 0 aromatic rings. The summed E-state index contributed by atoms with van der Waals surface area (Å²) >= 11 is 0. The molecule has 0 aliphatic rings. The van der Waals surface area contributed by atoms with E-state index in [1.54, 1.807) is 6.08 Å². The number of rotatable bonds is 2. The summed E-state index contributed by atoms with van der Waals surface area (Å²) in [6.07, 6.45) is 2.80. The van der Waals surface area contributed by atoms with E-state index in [1.807, 2.05) is 0 Å². The molecule has 0 aliphatic heterocycles. The quantitative estimate of drug-likeness (QED) is 0.448. The highest BCUT2D eigenvalue weighted by molar-refractivity contribution is 5.09. The second-order valence-corrected chi connectivity index (χ2v) is 1.22. The van der Waals surface area contributed by atoms with Crippen LogP contribution in [-0.2, 0) is 0 Å². The van der Waals surface area contributed by atoms with E-state index in [1.165, 1.54) is 0 Å². The fraction of sp³-hybridized carbons (Fsp3) is 0.333. The number of allylic oxidation sites excluding steroid dienone is 2. The molecule has 0 bridgehead atoms. The second-order valence-electron chi connectivity index (χ2n) is 1.22. The van der Waals surface area contributed by atoms with Crippen molar-refractivity contribution in [3.05, 3.63) is 24.8 Å². The minimum absolute atomic E-state index is 1.02. The average molecular weight is 82.1 g/mol. The van der Waals surface area contributed by atoms with E-state index < -0.39 is 0 Å². The summed E-state index contributed by atoms with van der Waals surface area (Å²) in [5.74, 6) is 0. The van der Waals surface area contributed by atoms with Crippen molar-refractivity contribution >= 4 is 0 Å². The maximum Gasteiger partial charge on any atom is -0.0314 e. The first-order chi connectivity index (χ1) is 2.81. The molecule has 0 aliphatic carbocycles. The molecule has 0 saturated carbocycles. The Balaban J connectivity index is 3.23. The van der Waals surface area contributed by atoms with Gasteiger partial charge in [-0.25, -0.2) is 0 Å². The van der Waals surface area contributed by atoms with Crippen molar-refractivity contribution in [3.63, 3.8) is 0 Å². The minimum atomic E-state index is 1.02. The molecule has 0 aromatic carbocycles. The zero-order valence-electron chi connectivity index (χ0n) is 4.20. The van der Waals surface area contributed by atoms with Gasteiger partial charge in [-0.05, 0) is 6.42 Å². The maximum absolute atomic E-state index is 3.67. The van der Waals surface area contributed by atoms with Crippen LogP contribution in [0.5, 0.6) is 0 Å². The molecule has 0 unspecified atom stereocenters. The Kier molecular flexibility index (Phi) is 2.47. The molecule has 0 N–H and O–H groups in total. The van der Waals surface area contributed by atoms with Crippen LogP contribution in [0.3, 0.4) is 0 Å². The maximum atomic E-state index is 3.67. The minimum Gasteiger partial charge on any atom is -0.0988 e. The summed E-state index contributed by atoms with van der Waals surface area (Å²) in [4.78, 5) is 0. The lowest BCUT2D eigenvalue weighted by molar-refractivity contribution is 1.16. The standard InChI is InChI=1S/C6H10/c1-4-6(3)5-2/h4H,1,3,5H2,2H3. The molecule has 0 heteroatoms. The summed E-state index contributed by atoms with van der Waals surface area (Å²) in [7, 11) is 0. The van der Waals surface area contributed by atoms with E-state index in [4.69, 9.17) is 0 Å². The van der Waals surface area contributed by atoms with Crippen molar-refractivity contribution in [3.8, 4) is 0 Å². The van der Waals surface area contributed by atoms with Gasteiger partial charge < -0.3 is 0 Å². The summed E-state index contributed by atoms with van der Waals surface area (Å²) < 4.78 is 0. The molecule has 0 saturated heterocycles. The highest BCUT2D eigenvalue weighted by Crippen LogP contribution is 1.93. The predicted octanol–water partition coefficient (Wildman–Crippen LogP) is 2.14. The molecule has 6 heavy (non-hydrogen) atoms. The van der Waals surface area contributed by atoms with Crippen molar-refractivity contribution < 1.29 is 0 Å². The molecule has 0 fully saturated rings. The van der Waals surface area contributed by atoms with Crippen LogP contribution in [0, 0.1) is 0 Å². The number of hydrogen-bond acceptors (Lipinski definition) is 0. The van der Waals surface area contributed by atoms with Crippen LogP contribution in [-0.4, -0.2) is 0 Å². The van der Waals surface area contributed by atoms with Gasteiger partial charge in [0.1, 0.15) is 0 Å². The van der Waals surface area contributed by atoms with Gasteiger partial charge in [-0.1, -0.05) is 31.7 Å². The van der Waals surface area contributed by atoms with E-state index in [9.17, 15) is 0 Å². The zero-order valence-corrected chi connectivity index (χ0v) is 4.20. The first-order valence-corrected chi connectivity index (χ1v) is 2.11. The third-order valence-electron chi connectivity index (χ3n) is 0.743. The fourth-order valence-corrected chi connectivity index (χ4v) is 0.144. The van der Waals surface area contributed by atoms with Crippen molar-refractivity contribution in [2.75, 3.05) is 0 Å². The van der Waals surface area contributed by atoms with Gasteiger partial charge in [0, 0.05) is 0 Å². The zero-order chi connectivity index (χ0) is 4.99. The Labute approximate surface area is 39.2 Å². The molecule has 0 rings (SSSR count). The van der Waals surface area contributed by atoms with Crippen molar-refractivity contribution in [2.24, 2.45) is 0 Å². The lowest BCUT2D eigenvalue weighted by Gasteiger charge is -1.83. The highest BCUT2D eigenvalue weighted by Gasteiger charge is 1.72. The Hall–Kier alpha value is -0.520. The third kappa shape index (κ3) is 1.77. The monoisotopic (exact) mass is 82.1 g/mol. The lowest BCUT2D eigenvalue weighted by atomic mass is 10.2. The molecule has 0 heterocycles. The van der Waals surface area contributed by atoms with Crippen LogP contribution in [0.15, 0.2) is 24.8 Å². The molecule has 0 nitrogen and oxygen atoms in total. The van der Waals surface area contributed by atoms with Gasteiger partial charge in [-0.15, -0.1) is 0 Å². The van der Waals surface area contributed by atoms with Crippen LogP contribution < -0.4 is 0 Å². The lowest BCUT2D eigenvalue weighted by Crippen LogP contribution is -1.62. The molecule has 0 radical (unpaired) electrons. The number of hydrogen-bond donors (Lipinski definition) is 0. The van der Waals surface area contributed by atoms with E-state index in [0.29, 0.717) is 0 Å². The van der Waals surface area contributed by atoms with E-state index in [-0.39, 0.29) is 0 Å². The summed E-state index contributed by atoms with van der Waals surface area (Å²) in [5.41, 5.74) is 1.11. The van der Waals surface area contributed by atoms with Gasteiger partial charge in [0.15, 0.2) is 0 Å². The first kappa shape index (κ1) is 5.48. The normalized spacial score (nSPS) is 7.50. The van der Waals surface area contributed by atoms with Crippen LogP contribution in [0.2, 0.25) is 0 Å². The van der Waals surface area contributed by atoms with Crippen LogP contribution >= 0.6 is 0 Å². The highest BCUT2D eigenvalue weighted by atomic mass is 13.8. The van der Waals surface area contributed by atoms with E-state index in [0.717, 1.165) is 12.0 Å². The van der Waals surface area contributed by atoms with Crippen molar-refractivity contribution in [1.29, 1.82) is 0 Å². The molecular formula is C6H10. The van der Waals surface area contributed by atoms with Gasteiger partial charge in [0.2, 0.25) is 0 Å². The van der Waals surface area contributed by atoms with Crippen LogP contribution in [0.25, 0.3) is 0 Å². The van der Waals surface area contributed by atoms with Gasteiger partial charge in [-0.3, -0.25) is 0 Å². The topological polar surface area (TPSA) is 0 Å². The fourth-order valence-electron chi connectivity index (χ4n) is 0.144. The molecule has 0 amide bonds. The van der Waals surface area contributed by atoms with Gasteiger partial charge in [0.25, 0.3) is 0 Å². The third-order valence-corrected chi connectivity index (χ3v) is 0.743. The van der Waals surface area contributed by atoms with Gasteiger partial charge in [0.05, 0.1) is 0 Å². The Morgan fingerprint density at radius 3 is 2.33 bits per heavy atom. The Morgan fingerprint density at radius 1 is 1.83 bits per heavy atom. The SMILES string of the molecule is C=CC(=C)CC. The van der Waals surface area contributed by atoms with Crippen molar-refractivity contribution in [1.82, 2.24) is 0 Å². The molecule has 0 aromatic heterocycles. The molecule has 0 spiro atoms. The molecule has 34 valence electrons. The summed E-state index contributed by atoms with van der Waals surface area (Å²) in [6, 6.07) is 0. The Morgan fingerprint density at radius 2 is 2.33 bits per heavy atom. The van der Waals surface area contributed by atoms with Gasteiger partial charge >= 0.3 is 0 Å². The van der Waals surface area contributed by atoms with Gasteiger partial charge in [-0.2, -0.15) is 0 Å². The largest absolute Gasteiger partial charge is 0.0988 e. The van der Waals surface area contributed by atoms with Crippen molar-refractivity contribution in [2.45, 2.75) is 13.3 Å². The summed E-state index contributed by atoms with van der Waals surface area (Å²) in [6.45, 7) is 9.27. The predicted molar refractivity (Wildman–Crippen MR) is 29.6 cm³/mol. The van der Waals surface area contributed by atoms with E-state index in [2.05, 4.69) is 20.1 Å². The molecule has 0 atom stereocenters. The van der Waals surface area contributed by atoms with Crippen LogP contribution in [0.1, 0.15) is 13.3 Å². The summed E-state index contributed by atoms with van der Waals surface area (Å²) in [5, 5.41) is 0. The average Bonchev–Trinajstić information content (AvgIpc) is 1.65. The smallest absolute Gasteiger partial charge is 0.0314 e. The first-order valence-electron chi connectivity index (χ1n) is 2.11. The Bertz CT molecular complexity index is 60.4. The molecular weight excluding hydrogens is 72.1 g/mol.